The minimum atomic E-state index is -0.149. The largest absolute Gasteiger partial charge is 0.332 e. The number of nitrogens with one attached hydrogen (secondary N) is 3. The zero-order valence-electron chi connectivity index (χ0n) is 16.4. The molecule has 5 nitrogen and oxygen atoms in total. The normalized spacial score (nSPS) is 10.1. The Morgan fingerprint density at radius 1 is 0.700 bits per heavy atom. The lowest BCUT2D eigenvalue weighted by Crippen LogP contribution is -2.34. The molecule has 0 bridgehead atoms. The van der Waals surface area contributed by atoms with Gasteiger partial charge in [0.2, 0.25) is 11.8 Å². The smallest absolute Gasteiger partial charge is 0.228 e. The third-order valence-corrected chi connectivity index (χ3v) is 4.55. The molecule has 6 heteroatoms. The zero-order valence-corrected chi connectivity index (χ0v) is 17.2. The Morgan fingerprint density at radius 2 is 1.30 bits per heavy atom. The van der Waals surface area contributed by atoms with Gasteiger partial charge in [-0.2, -0.15) is 0 Å². The van der Waals surface area contributed by atoms with Crippen LogP contribution in [0, 0.1) is 0 Å². The van der Waals surface area contributed by atoms with Crippen molar-refractivity contribution in [1.29, 1.82) is 0 Å². The highest BCUT2D eigenvalue weighted by atomic mass is 32.1. The SMILES string of the molecule is O=C(CCc1ccccc1)NC(=S)Nc1cccc(NC(=O)Cc2ccccc2)c1. The lowest BCUT2D eigenvalue weighted by molar-refractivity contribution is -0.119. The third kappa shape index (κ3) is 7.14. The average Bonchev–Trinajstić information content (AvgIpc) is 2.74. The molecule has 0 aliphatic rings. The van der Waals surface area contributed by atoms with Crippen molar-refractivity contribution >= 4 is 40.5 Å². The van der Waals surface area contributed by atoms with E-state index in [2.05, 4.69) is 16.0 Å². The topological polar surface area (TPSA) is 70.2 Å². The number of hydrogen-bond donors (Lipinski definition) is 3. The molecule has 0 aromatic heterocycles. The third-order valence-electron chi connectivity index (χ3n) is 4.35. The molecule has 3 aromatic rings. The van der Waals surface area contributed by atoms with Crippen LogP contribution in [-0.2, 0) is 22.4 Å². The number of anilines is 2. The van der Waals surface area contributed by atoms with E-state index in [9.17, 15) is 9.59 Å². The van der Waals surface area contributed by atoms with E-state index in [-0.39, 0.29) is 16.9 Å². The van der Waals surface area contributed by atoms with Crippen LogP contribution in [0.5, 0.6) is 0 Å². The van der Waals surface area contributed by atoms with E-state index >= 15 is 0 Å². The van der Waals surface area contributed by atoms with Crippen molar-refractivity contribution in [2.75, 3.05) is 10.6 Å². The van der Waals surface area contributed by atoms with Crippen LogP contribution in [0.4, 0.5) is 11.4 Å². The fourth-order valence-corrected chi connectivity index (χ4v) is 3.15. The van der Waals surface area contributed by atoms with Crippen molar-refractivity contribution in [3.05, 3.63) is 96.1 Å². The predicted octanol–water partition coefficient (Wildman–Crippen LogP) is 4.31. The van der Waals surface area contributed by atoms with Crippen molar-refractivity contribution in [3.63, 3.8) is 0 Å². The summed E-state index contributed by atoms with van der Waals surface area (Å²) < 4.78 is 0. The highest BCUT2D eigenvalue weighted by Gasteiger charge is 2.07. The summed E-state index contributed by atoms with van der Waals surface area (Å²) in [5.41, 5.74) is 3.38. The standard InChI is InChI=1S/C24H23N3O2S/c28-22(15-14-18-8-3-1-4-9-18)27-24(30)26-21-13-7-12-20(17-21)25-23(29)16-19-10-5-2-6-11-19/h1-13,17H,14-16H2,(H,25,29)(H2,26,27,28,30). The first kappa shape index (κ1) is 21.2. The van der Waals surface area contributed by atoms with Gasteiger partial charge in [-0.05, 0) is 48.0 Å². The maximum absolute atomic E-state index is 12.2. The molecule has 0 heterocycles. The molecule has 0 spiro atoms. The quantitative estimate of drug-likeness (QED) is 0.501. The maximum atomic E-state index is 12.2. The summed E-state index contributed by atoms with van der Waals surface area (Å²) in [7, 11) is 0. The number of aryl methyl sites for hydroxylation is 1. The van der Waals surface area contributed by atoms with Crippen LogP contribution in [0.15, 0.2) is 84.9 Å². The Balaban J connectivity index is 1.47. The molecular weight excluding hydrogens is 394 g/mol. The van der Waals surface area contributed by atoms with Crippen LogP contribution in [0.25, 0.3) is 0 Å². The van der Waals surface area contributed by atoms with Crippen LogP contribution in [0.2, 0.25) is 0 Å². The summed E-state index contributed by atoms with van der Waals surface area (Å²) in [5, 5.41) is 8.76. The van der Waals surface area contributed by atoms with Gasteiger partial charge in [-0.3, -0.25) is 9.59 Å². The predicted molar refractivity (Wildman–Crippen MR) is 124 cm³/mol. The van der Waals surface area contributed by atoms with E-state index in [1.165, 1.54) is 0 Å². The highest BCUT2D eigenvalue weighted by molar-refractivity contribution is 7.80. The first-order valence-electron chi connectivity index (χ1n) is 9.67. The second-order valence-electron chi connectivity index (χ2n) is 6.78. The Morgan fingerprint density at radius 3 is 1.97 bits per heavy atom. The van der Waals surface area contributed by atoms with Gasteiger partial charge in [0.05, 0.1) is 6.42 Å². The van der Waals surface area contributed by atoms with Gasteiger partial charge < -0.3 is 16.0 Å². The molecule has 0 atom stereocenters. The second-order valence-corrected chi connectivity index (χ2v) is 7.19. The number of carbonyl (C=O) groups excluding carboxylic acids is 2. The van der Waals surface area contributed by atoms with Crippen molar-refractivity contribution < 1.29 is 9.59 Å². The lowest BCUT2D eigenvalue weighted by atomic mass is 10.1. The van der Waals surface area contributed by atoms with Gasteiger partial charge in [0.15, 0.2) is 5.11 Å². The molecule has 0 saturated carbocycles. The molecule has 0 fully saturated rings. The second kappa shape index (κ2) is 10.9. The summed E-state index contributed by atoms with van der Waals surface area (Å²) in [4.78, 5) is 24.3. The Labute approximate surface area is 181 Å². The fraction of sp³-hybridized carbons (Fsp3) is 0.125. The van der Waals surface area contributed by atoms with Gasteiger partial charge in [0, 0.05) is 17.8 Å². The fourth-order valence-electron chi connectivity index (χ4n) is 2.92. The average molecular weight is 418 g/mol. The van der Waals surface area contributed by atoms with Gasteiger partial charge in [-0.15, -0.1) is 0 Å². The number of carbonyl (C=O) groups is 2. The van der Waals surface area contributed by atoms with E-state index in [1.54, 1.807) is 18.2 Å². The molecule has 0 unspecified atom stereocenters. The van der Waals surface area contributed by atoms with Crippen LogP contribution in [0.1, 0.15) is 17.5 Å². The van der Waals surface area contributed by atoms with E-state index in [0.717, 1.165) is 11.1 Å². The van der Waals surface area contributed by atoms with Crippen LogP contribution in [0.3, 0.4) is 0 Å². The summed E-state index contributed by atoms with van der Waals surface area (Å²) >= 11 is 5.23. The number of thiocarbonyl (C=S) groups is 1. The summed E-state index contributed by atoms with van der Waals surface area (Å²) in [6.45, 7) is 0. The van der Waals surface area contributed by atoms with Crippen molar-refractivity contribution in [2.24, 2.45) is 0 Å². The number of amides is 2. The summed E-state index contributed by atoms with van der Waals surface area (Å²) in [6.07, 6.45) is 1.30. The molecule has 2 amide bonds. The molecule has 0 aliphatic heterocycles. The molecule has 3 N–H and O–H groups in total. The molecule has 0 aliphatic carbocycles. The lowest BCUT2D eigenvalue weighted by Gasteiger charge is -2.11. The molecule has 30 heavy (non-hydrogen) atoms. The number of benzene rings is 3. The van der Waals surface area contributed by atoms with Crippen molar-refractivity contribution in [2.45, 2.75) is 19.3 Å². The van der Waals surface area contributed by atoms with E-state index in [0.29, 0.717) is 30.6 Å². The summed E-state index contributed by atoms with van der Waals surface area (Å²) in [5.74, 6) is -0.251. The van der Waals surface area contributed by atoms with E-state index in [1.807, 2.05) is 66.7 Å². The van der Waals surface area contributed by atoms with Crippen molar-refractivity contribution in [3.8, 4) is 0 Å². The van der Waals surface area contributed by atoms with Gasteiger partial charge in [0.1, 0.15) is 0 Å². The Hall–Kier alpha value is -3.51. The minimum absolute atomic E-state index is 0.102. The van der Waals surface area contributed by atoms with Crippen LogP contribution < -0.4 is 16.0 Å². The first-order chi connectivity index (χ1) is 14.6. The monoisotopic (exact) mass is 417 g/mol. The molecule has 3 rings (SSSR count). The molecule has 0 saturated heterocycles. The first-order valence-corrected chi connectivity index (χ1v) is 10.1. The van der Waals surface area contributed by atoms with E-state index < -0.39 is 0 Å². The van der Waals surface area contributed by atoms with E-state index in [4.69, 9.17) is 12.2 Å². The Bertz CT molecular complexity index is 1010. The van der Waals surface area contributed by atoms with Gasteiger partial charge in [-0.1, -0.05) is 66.7 Å². The van der Waals surface area contributed by atoms with Gasteiger partial charge >= 0.3 is 0 Å². The Kier molecular flexibility index (Phi) is 7.69. The van der Waals surface area contributed by atoms with Gasteiger partial charge in [-0.25, -0.2) is 0 Å². The van der Waals surface area contributed by atoms with Gasteiger partial charge in [0.25, 0.3) is 0 Å². The maximum Gasteiger partial charge on any atom is 0.228 e. The van der Waals surface area contributed by atoms with Crippen LogP contribution >= 0.6 is 12.2 Å². The number of hydrogen-bond acceptors (Lipinski definition) is 3. The highest BCUT2D eigenvalue weighted by Crippen LogP contribution is 2.15. The molecule has 152 valence electrons. The summed E-state index contributed by atoms with van der Waals surface area (Å²) in [6, 6.07) is 26.6. The van der Waals surface area contributed by atoms with Crippen LogP contribution in [-0.4, -0.2) is 16.9 Å². The molecular formula is C24H23N3O2S. The zero-order chi connectivity index (χ0) is 21.2. The minimum Gasteiger partial charge on any atom is -0.332 e. The molecule has 0 radical (unpaired) electrons. The molecule has 3 aromatic carbocycles. The van der Waals surface area contributed by atoms with Crippen molar-refractivity contribution in [1.82, 2.24) is 5.32 Å². The number of rotatable bonds is 7.